The number of alkyl halides is 2. The number of nitrogens with one attached hydrogen (secondary N) is 1. The van der Waals surface area contributed by atoms with Crippen LogP contribution >= 0.6 is 11.3 Å². The van der Waals surface area contributed by atoms with Crippen LogP contribution < -0.4 is 5.32 Å². The molecule has 0 amide bonds. The molecule has 0 spiro atoms. The number of carbonyl (C=O) groups is 1. The molecule has 1 N–H and O–H groups in total. The van der Waals surface area contributed by atoms with Crippen molar-refractivity contribution in [3.63, 3.8) is 0 Å². The van der Waals surface area contributed by atoms with Gasteiger partial charge in [-0.1, -0.05) is 19.1 Å². The predicted octanol–water partition coefficient (Wildman–Crippen LogP) is 4.55. The molecule has 3 fully saturated rings. The minimum atomic E-state index is -2.84. The lowest BCUT2D eigenvalue weighted by atomic mass is 9.92. The van der Waals surface area contributed by atoms with Gasteiger partial charge in [0.15, 0.2) is 10.8 Å². The first-order chi connectivity index (χ1) is 19.1. The topological polar surface area (TPSA) is 70.1 Å². The van der Waals surface area contributed by atoms with Gasteiger partial charge in [-0.3, -0.25) is 9.89 Å². The largest absolute Gasteiger partial charge is 0.466 e. The smallest absolute Gasteiger partial charge is 0.338 e. The van der Waals surface area contributed by atoms with Crippen molar-refractivity contribution in [2.45, 2.75) is 51.1 Å². The Hall–Kier alpha value is -2.76. The van der Waals surface area contributed by atoms with E-state index in [2.05, 4.69) is 22.1 Å². The number of methoxy groups -OCH3 is 1. The van der Waals surface area contributed by atoms with E-state index in [1.165, 1.54) is 24.5 Å². The molecule has 214 valence electrons. The quantitative estimate of drug-likeness (QED) is 0.468. The maximum Gasteiger partial charge on any atom is 0.338 e. The van der Waals surface area contributed by atoms with E-state index in [4.69, 9.17) is 9.73 Å². The molecule has 3 atom stereocenters. The molecule has 2 saturated heterocycles. The van der Waals surface area contributed by atoms with E-state index in [0.29, 0.717) is 40.8 Å². The standard InChI is InChI=1S/C29H34F3N5O2S/c1-4-28(8-9-28)15-36-12-19-22(14-36)37(16-29(19,31)32)13-21-23(27(38)39-3)24(18-6-5-7-20(30)17(18)2)35-25(34-21)26-33-10-11-40-26/h5-7,10-11,19,22,24H,4,8-9,12-16H2,1-3H3,(H,34,35)/t19-,22+,24+/m1/s1. The van der Waals surface area contributed by atoms with Crippen molar-refractivity contribution in [1.82, 2.24) is 20.1 Å². The maximum absolute atomic E-state index is 15.4. The molecule has 3 aliphatic heterocycles. The van der Waals surface area contributed by atoms with E-state index < -0.39 is 29.7 Å². The molecule has 4 heterocycles. The van der Waals surface area contributed by atoms with Crippen molar-refractivity contribution in [2.24, 2.45) is 16.3 Å². The van der Waals surface area contributed by atoms with Crippen molar-refractivity contribution in [3.8, 4) is 0 Å². The first-order valence-electron chi connectivity index (χ1n) is 13.8. The number of hydrogen-bond donors (Lipinski definition) is 1. The highest BCUT2D eigenvalue weighted by molar-refractivity contribution is 7.11. The number of rotatable bonds is 8. The molecule has 6 rings (SSSR count). The van der Waals surface area contributed by atoms with Crippen LogP contribution in [0.5, 0.6) is 0 Å². The summed E-state index contributed by atoms with van der Waals surface area (Å²) >= 11 is 1.37. The van der Waals surface area contributed by atoms with Gasteiger partial charge in [-0.25, -0.2) is 22.9 Å². The highest BCUT2D eigenvalue weighted by Crippen LogP contribution is 2.51. The Balaban J connectivity index is 1.36. The number of aromatic nitrogens is 1. The summed E-state index contributed by atoms with van der Waals surface area (Å²) in [7, 11) is 1.28. The molecule has 0 unspecified atom stereocenters. The second-order valence-electron chi connectivity index (χ2n) is 11.6. The molecule has 1 aliphatic carbocycles. The number of thiazole rings is 1. The Labute approximate surface area is 236 Å². The summed E-state index contributed by atoms with van der Waals surface area (Å²) in [6, 6.07) is 3.45. The number of likely N-dealkylation sites (tertiary alicyclic amines) is 2. The molecule has 2 aromatic rings. The first-order valence-corrected chi connectivity index (χ1v) is 14.7. The zero-order valence-corrected chi connectivity index (χ0v) is 23.7. The van der Waals surface area contributed by atoms with Crippen molar-refractivity contribution >= 4 is 23.1 Å². The van der Waals surface area contributed by atoms with Gasteiger partial charge < -0.3 is 15.0 Å². The zero-order valence-electron chi connectivity index (χ0n) is 22.9. The lowest BCUT2D eigenvalue weighted by molar-refractivity contribution is -0.136. The summed E-state index contributed by atoms with van der Waals surface area (Å²) in [6.45, 7) is 5.33. The molecule has 1 aromatic carbocycles. The van der Waals surface area contributed by atoms with Gasteiger partial charge in [0.2, 0.25) is 0 Å². The van der Waals surface area contributed by atoms with E-state index in [-0.39, 0.29) is 30.1 Å². The van der Waals surface area contributed by atoms with Crippen LogP contribution in [0.25, 0.3) is 0 Å². The van der Waals surface area contributed by atoms with E-state index in [1.807, 2.05) is 5.38 Å². The van der Waals surface area contributed by atoms with Gasteiger partial charge in [-0.05, 0) is 48.8 Å². The summed E-state index contributed by atoms with van der Waals surface area (Å²) < 4.78 is 50.6. The Morgan fingerprint density at radius 1 is 1.27 bits per heavy atom. The second kappa shape index (κ2) is 10.3. The number of fused-ring (bicyclic) bond motifs is 1. The Bertz CT molecular complexity index is 1360. The third-order valence-corrected chi connectivity index (χ3v) is 9.97. The molecular weight excluding hydrogens is 539 g/mol. The van der Waals surface area contributed by atoms with E-state index in [1.54, 1.807) is 30.2 Å². The summed E-state index contributed by atoms with van der Waals surface area (Å²) in [5.41, 5.74) is 1.78. The highest BCUT2D eigenvalue weighted by atomic mass is 32.1. The van der Waals surface area contributed by atoms with Crippen LogP contribution in [0.4, 0.5) is 13.2 Å². The molecule has 4 aliphatic rings. The van der Waals surface area contributed by atoms with Gasteiger partial charge in [0, 0.05) is 49.5 Å². The molecule has 0 radical (unpaired) electrons. The van der Waals surface area contributed by atoms with Crippen LogP contribution in [0.15, 0.2) is 46.0 Å². The number of amidine groups is 1. The van der Waals surface area contributed by atoms with Gasteiger partial charge in [-0.2, -0.15) is 0 Å². The zero-order chi connectivity index (χ0) is 28.2. The molecule has 7 nitrogen and oxygen atoms in total. The van der Waals surface area contributed by atoms with Crippen molar-refractivity contribution in [3.05, 3.63) is 63.0 Å². The molecule has 1 saturated carbocycles. The van der Waals surface area contributed by atoms with Gasteiger partial charge in [-0.15, -0.1) is 11.3 Å². The summed E-state index contributed by atoms with van der Waals surface area (Å²) in [5, 5.41) is 5.64. The van der Waals surface area contributed by atoms with E-state index in [0.717, 1.165) is 25.8 Å². The average molecular weight is 574 g/mol. The Morgan fingerprint density at radius 3 is 2.75 bits per heavy atom. The number of carbonyl (C=O) groups excluding carboxylic acids is 1. The molecule has 11 heteroatoms. The predicted molar refractivity (Wildman–Crippen MR) is 147 cm³/mol. The van der Waals surface area contributed by atoms with Crippen LogP contribution in [-0.4, -0.2) is 78.4 Å². The van der Waals surface area contributed by atoms with Gasteiger partial charge in [0.1, 0.15) is 11.9 Å². The number of benzene rings is 1. The van der Waals surface area contributed by atoms with Crippen LogP contribution in [-0.2, 0) is 9.53 Å². The number of aliphatic imine (C=N–C) groups is 1. The summed E-state index contributed by atoms with van der Waals surface area (Å²) in [6.07, 6.45) is 5.04. The van der Waals surface area contributed by atoms with Crippen molar-refractivity contribution in [2.75, 3.05) is 39.8 Å². The highest BCUT2D eigenvalue weighted by Gasteiger charge is 2.59. The number of nitrogens with zero attached hydrogens (tertiary/aromatic N) is 4. The van der Waals surface area contributed by atoms with Crippen LogP contribution in [0, 0.1) is 24.1 Å². The fourth-order valence-corrected chi connectivity index (χ4v) is 7.19. The summed E-state index contributed by atoms with van der Waals surface area (Å²) in [4.78, 5) is 26.4. The number of ether oxygens (including phenoxy) is 1. The Morgan fingerprint density at radius 2 is 2.08 bits per heavy atom. The van der Waals surface area contributed by atoms with Gasteiger partial charge in [0.25, 0.3) is 5.92 Å². The van der Waals surface area contributed by atoms with Crippen molar-refractivity contribution < 1.29 is 22.7 Å². The van der Waals surface area contributed by atoms with Crippen LogP contribution in [0.3, 0.4) is 0 Å². The van der Waals surface area contributed by atoms with E-state index in [9.17, 15) is 9.18 Å². The number of hydrogen-bond acceptors (Lipinski definition) is 8. The van der Waals surface area contributed by atoms with Gasteiger partial charge in [0.05, 0.1) is 25.1 Å². The minimum Gasteiger partial charge on any atom is -0.466 e. The maximum atomic E-state index is 15.4. The number of halogens is 3. The molecule has 40 heavy (non-hydrogen) atoms. The monoisotopic (exact) mass is 573 g/mol. The molecular formula is C29H34F3N5O2S. The fourth-order valence-electron chi connectivity index (χ4n) is 6.60. The third-order valence-electron chi connectivity index (χ3n) is 9.19. The first kappa shape index (κ1) is 27.4. The van der Waals surface area contributed by atoms with Crippen LogP contribution in [0.2, 0.25) is 0 Å². The SMILES string of the molecule is CCC1(CN2C[C@@H]3[C@H](C2)N(CC2=C(C(=O)OC)[C@H](c4cccc(F)c4C)N=C(c4nccs4)N2)CC3(F)F)CC1. The van der Waals surface area contributed by atoms with Crippen LogP contribution in [0.1, 0.15) is 48.4 Å². The summed E-state index contributed by atoms with van der Waals surface area (Å²) in [5.74, 6) is -4.23. The average Bonchev–Trinajstić information content (AvgIpc) is 3.24. The van der Waals surface area contributed by atoms with Crippen molar-refractivity contribution in [1.29, 1.82) is 0 Å². The van der Waals surface area contributed by atoms with Gasteiger partial charge >= 0.3 is 5.97 Å². The van der Waals surface area contributed by atoms with E-state index >= 15 is 8.78 Å². The minimum absolute atomic E-state index is 0.0865. The lowest BCUT2D eigenvalue weighted by Gasteiger charge is -2.32. The molecule has 0 bridgehead atoms. The normalized spacial score (nSPS) is 27.4. The third kappa shape index (κ3) is 4.86. The second-order valence-corrected chi connectivity index (χ2v) is 12.5. The lowest BCUT2D eigenvalue weighted by Crippen LogP contribution is -2.43. The fraction of sp³-hybridized carbons (Fsp3) is 0.552. The Kier molecular flexibility index (Phi) is 7.03. The number of esters is 1. The molecule has 1 aromatic heterocycles.